The van der Waals surface area contributed by atoms with E-state index in [9.17, 15) is 4.79 Å². The van der Waals surface area contributed by atoms with Crippen LogP contribution in [0.25, 0.3) is 0 Å². The standard InChI is InChI=1S/C11H16N6O/c18-10(12-11-13-15-16-14-11)6-2-1-3-7-17-8-4-5-9-17/h4-5,8-9H,1-3,6-7H2,(H2,12,13,14,15,16,18). The molecule has 2 N–H and O–H groups in total. The van der Waals surface area contributed by atoms with Crippen LogP contribution in [-0.2, 0) is 11.3 Å². The highest BCUT2D eigenvalue weighted by atomic mass is 16.1. The second kappa shape index (κ2) is 6.53. The minimum absolute atomic E-state index is 0.0719. The maximum atomic E-state index is 11.5. The molecule has 0 fully saturated rings. The molecule has 0 aliphatic heterocycles. The highest BCUT2D eigenvalue weighted by Gasteiger charge is 2.04. The number of aromatic amines is 1. The van der Waals surface area contributed by atoms with Crippen LogP contribution in [0.3, 0.4) is 0 Å². The number of unbranched alkanes of at least 4 members (excludes halogenated alkanes) is 2. The summed E-state index contributed by atoms with van der Waals surface area (Å²) >= 11 is 0. The number of H-pyrrole nitrogens is 1. The summed E-state index contributed by atoms with van der Waals surface area (Å²) < 4.78 is 2.14. The zero-order valence-corrected chi connectivity index (χ0v) is 10.0. The van der Waals surface area contributed by atoms with Gasteiger partial charge < -0.3 is 4.57 Å². The molecule has 2 heterocycles. The molecular formula is C11H16N6O. The lowest BCUT2D eigenvalue weighted by Gasteiger charge is -2.03. The van der Waals surface area contributed by atoms with Gasteiger partial charge in [0, 0.05) is 25.4 Å². The van der Waals surface area contributed by atoms with Crippen LogP contribution >= 0.6 is 0 Å². The predicted molar refractivity (Wildman–Crippen MR) is 65.7 cm³/mol. The average molecular weight is 248 g/mol. The molecule has 0 atom stereocenters. The van der Waals surface area contributed by atoms with Gasteiger partial charge in [-0.25, -0.2) is 0 Å². The third-order valence-electron chi connectivity index (χ3n) is 2.58. The van der Waals surface area contributed by atoms with Gasteiger partial charge in [-0.3, -0.25) is 10.1 Å². The van der Waals surface area contributed by atoms with Gasteiger partial charge in [0.15, 0.2) is 0 Å². The van der Waals surface area contributed by atoms with Crippen LogP contribution in [0.5, 0.6) is 0 Å². The van der Waals surface area contributed by atoms with Crippen molar-refractivity contribution >= 4 is 11.9 Å². The average Bonchev–Trinajstić information content (AvgIpc) is 3.01. The van der Waals surface area contributed by atoms with E-state index in [2.05, 4.69) is 30.5 Å². The summed E-state index contributed by atoms with van der Waals surface area (Å²) in [6, 6.07) is 4.02. The van der Waals surface area contributed by atoms with Gasteiger partial charge in [-0.05, 0) is 30.2 Å². The molecule has 0 saturated heterocycles. The van der Waals surface area contributed by atoms with Crippen molar-refractivity contribution < 1.29 is 4.79 Å². The maximum Gasteiger partial charge on any atom is 0.269 e. The van der Waals surface area contributed by atoms with E-state index in [-0.39, 0.29) is 11.9 Å². The van der Waals surface area contributed by atoms with Crippen molar-refractivity contribution in [3.05, 3.63) is 24.5 Å². The minimum atomic E-state index is -0.0719. The predicted octanol–water partition coefficient (Wildman–Crippen LogP) is 1.20. The molecule has 0 aromatic carbocycles. The summed E-state index contributed by atoms with van der Waals surface area (Å²) in [5.41, 5.74) is 0. The maximum absolute atomic E-state index is 11.5. The van der Waals surface area contributed by atoms with Gasteiger partial charge in [-0.15, -0.1) is 5.10 Å². The van der Waals surface area contributed by atoms with Crippen LogP contribution in [0.4, 0.5) is 5.95 Å². The van der Waals surface area contributed by atoms with E-state index in [0.29, 0.717) is 6.42 Å². The Morgan fingerprint density at radius 1 is 1.28 bits per heavy atom. The van der Waals surface area contributed by atoms with Gasteiger partial charge in [-0.1, -0.05) is 11.5 Å². The largest absolute Gasteiger partial charge is 0.354 e. The number of aromatic nitrogens is 5. The molecule has 0 spiro atoms. The van der Waals surface area contributed by atoms with Crippen molar-refractivity contribution in [2.24, 2.45) is 0 Å². The molecule has 0 bridgehead atoms. The van der Waals surface area contributed by atoms with Gasteiger partial charge in [0.2, 0.25) is 5.91 Å². The number of carbonyl (C=O) groups is 1. The smallest absolute Gasteiger partial charge is 0.269 e. The first-order valence-electron chi connectivity index (χ1n) is 5.98. The Kier molecular flexibility index (Phi) is 4.46. The molecule has 0 aliphatic carbocycles. The van der Waals surface area contributed by atoms with Crippen molar-refractivity contribution in [1.82, 2.24) is 25.2 Å². The van der Waals surface area contributed by atoms with Gasteiger partial charge in [0.05, 0.1) is 0 Å². The fraction of sp³-hybridized carbons (Fsp3) is 0.455. The topological polar surface area (TPSA) is 88.5 Å². The van der Waals surface area contributed by atoms with E-state index in [1.807, 2.05) is 24.5 Å². The molecule has 2 rings (SSSR count). The first-order chi connectivity index (χ1) is 8.84. The summed E-state index contributed by atoms with van der Waals surface area (Å²) in [4.78, 5) is 11.5. The summed E-state index contributed by atoms with van der Waals surface area (Å²) in [5, 5.41) is 15.5. The van der Waals surface area contributed by atoms with E-state index >= 15 is 0 Å². The zero-order chi connectivity index (χ0) is 12.6. The molecule has 7 nitrogen and oxygen atoms in total. The SMILES string of the molecule is O=C(CCCCCn1cccc1)Nc1nn[nH]n1. The third kappa shape index (κ3) is 4.00. The summed E-state index contributed by atoms with van der Waals surface area (Å²) in [6.07, 6.45) is 7.54. The van der Waals surface area contributed by atoms with Gasteiger partial charge in [0.25, 0.3) is 5.95 Å². The van der Waals surface area contributed by atoms with Crippen molar-refractivity contribution in [1.29, 1.82) is 0 Å². The first-order valence-corrected chi connectivity index (χ1v) is 5.98. The van der Waals surface area contributed by atoms with Crippen LogP contribution in [-0.4, -0.2) is 31.1 Å². The fourth-order valence-corrected chi connectivity index (χ4v) is 1.68. The molecule has 2 aromatic rings. The fourth-order valence-electron chi connectivity index (χ4n) is 1.68. The number of rotatable bonds is 7. The minimum Gasteiger partial charge on any atom is -0.354 e. The molecule has 0 radical (unpaired) electrons. The Morgan fingerprint density at radius 3 is 2.83 bits per heavy atom. The normalized spacial score (nSPS) is 10.4. The molecule has 0 unspecified atom stereocenters. The first kappa shape index (κ1) is 12.3. The lowest BCUT2D eigenvalue weighted by Crippen LogP contribution is -2.12. The Bertz CT molecular complexity index is 450. The summed E-state index contributed by atoms with van der Waals surface area (Å²) in [5.74, 6) is 0.157. The quantitative estimate of drug-likeness (QED) is 0.720. The lowest BCUT2D eigenvalue weighted by molar-refractivity contribution is -0.116. The zero-order valence-electron chi connectivity index (χ0n) is 10.0. The monoisotopic (exact) mass is 248 g/mol. The van der Waals surface area contributed by atoms with Crippen molar-refractivity contribution in [3.63, 3.8) is 0 Å². The third-order valence-corrected chi connectivity index (χ3v) is 2.58. The number of hydrogen-bond donors (Lipinski definition) is 2. The molecule has 1 amide bonds. The van der Waals surface area contributed by atoms with Crippen LogP contribution in [0, 0.1) is 0 Å². The number of carbonyl (C=O) groups excluding carboxylic acids is 1. The highest BCUT2D eigenvalue weighted by molar-refractivity contribution is 5.88. The van der Waals surface area contributed by atoms with Crippen LogP contribution in [0.15, 0.2) is 24.5 Å². The molecule has 18 heavy (non-hydrogen) atoms. The molecular weight excluding hydrogens is 232 g/mol. The molecule has 96 valence electrons. The van der Waals surface area contributed by atoms with Crippen molar-refractivity contribution in [2.45, 2.75) is 32.2 Å². The molecule has 0 saturated carbocycles. The van der Waals surface area contributed by atoms with E-state index in [1.165, 1.54) is 0 Å². The molecule has 7 heteroatoms. The number of tetrazole rings is 1. The van der Waals surface area contributed by atoms with E-state index in [4.69, 9.17) is 0 Å². The second-order valence-corrected chi connectivity index (χ2v) is 4.02. The number of hydrogen-bond acceptors (Lipinski definition) is 4. The summed E-state index contributed by atoms with van der Waals surface area (Å²) in [7, 11) is 0. The van der Waals surface area contributed by atoms with Crippen molar-refractivity contribution in [3.8, 4) is 0 Å². The number of aryl methyl sites for hydroxylation is 1. The number of amides is 1. The molecule has 0 aliphatic rings. The van der Waals surface area contributed by atoms with Gasteiger partial charge >= 0.3 is 0 Å². The second-order valence-electron chi connectivity index (χ2n) is 4.02. The van der Waals surface area contributed by atoms with Crippen molar-refractivity contribution in [2.75, 3.05) is 5.32 Å². The van der Waals surface area contributed by atoms with Crippen LogP contribution in [0.2, 0.25) is 0 Å². The van der Waals surface area contributed by atoms with Crippen LogP contribution in [0.1, 0.15) is 25.7 Å². The summed E-state index contributed by atoms with van der Waals surface area (Å²) in [6.45, 7) is 0.999. The number of nitrogens with zero attached hydrogens (tertiary/aromatic N) is 4. The Hall–Kier alpha value is -2.18. The van der Waals surface area contributed by atoms with Crippen LogP contribution < -0.4 is 5.32 Å². The Morgan fingerprint density at radius 2 is 2.11 bits per heavy atom. The number of anilines is 1. The van der Waals surface area contributed by atoms with E-state index in [0.717, 1.165) is 25.8 Å². The Labute approximate surface area is 105 Å². The van der Waals surface area contributed by atoms with Gasteiger partial charge in [0.1, 0.15) is 0 Å². The van der Waals surface area contributed by atoms with Gasteiger partial charge in [-0.2, -0.15) is 5.21 Å². The van der Waals surface area contributed by atoms with E-state index < -0.39 is 0 Å². The highest BCUT2D eigenvalue weighted by Crippen LogP contribution is 2.04. The van der Waals surface area contributed by atoms with E-state index in [1.54, 1.807) is 0 Å². The molecule has 2 aromatic heterocycles. The lowest BCUT2D eigenvalue weighted by atomic mass is 10.2. The number of nitrogens with one attached hydrogen (secondary N) is 2. The Balaban J connectivity index is 1.54.